The van der Waals surface area contributed by atoms with E-state index >= 15 is 0 Å². The van der Waals surface area contributed by atoms with Crippen molar-refractivity contribution in [3.05, 3.63) is 33.9 Å². The van der Waals surface area contributed by atoms with Gasteiger partial charge in [0.25, 0.3) is 11.6 Å². The van der Waals surface area contributed by atoms with E-state index in [-0.39, 0.29) is 23.3 Å². The SMILES string of the molecule is CNC1CCCN(C(=O)c2ccc(N)c([N+](=O)[O-])c2)C1. The molecule has 1 saturated heterocycles. The monoisotopic (exact) mass is 278 g/mol. The van der Waals surface area contributed by atoms with E-state index in [2.05, 4.69) is 5.32 Å². The highest BCUT2D eigenvalue weighted by molar-refractivity contribution is 5.95. The van der Waals surface area contributed by atoms with Crippen LogP contribution in [0.5, 0.6) is 0 Å². The normalized spacial score (nSPS) is 18.9. The van der Waals surface area contributed by atoms with Crippen molar-refractivity contribution in [3.8, 4) is 0 Å². The molecule has 3 N–H and O–H groups in total. The lowest BCUT2D eigenvalue weighted by Gasteiger charge is -2.32. The van der Waals surface area contributed by atoms with Gasteiger partial charge >= 0.3 is 0 Å². The molecule has 20 heavy (non-hydrogen) atoms. The van der Waals surface area contributed by atoms with E-state index in [1.807, 2.05) is 7.05 Å². The maximum atomic E-state index is 12.4. The Morgan fingerprint density at radius 2 is 2.30 bits per heavy atom. The third-order valence-electron chi connectivity index (χ3n) is 3.59. The Labute approximate surface area is 116 Å². The molecule has 1 aromatic carbocycles. The van der Waals surface area contributed by atoms with Gasteiger partial charge in [-0.3, -0.25) is 14.9 Å². The van der Waals surface area contributed by atoms with E-state index in [1.54, 1.807) is 4.90 Å². The fourth-order valence-corrected chi connectivity index (χ4v) is 2.41. The van der Waals surface area contributed by atoms with E-state index < -0.39 is 4.92 Å². The average molecular weight is 278 g/mol. The van der Waals surface area contributed by atoms with Crippen LogP contribution in [0.3, 0.4) is 0 Å². The van der Waals surface area contributed by atoms with Gasteiger partial charge in [0.05, 0.1) is 4.92 Å². The van der Waals surface area contributed by atoms with Crippen molar-refractivity contribution in [2.45, 2.75) is 18.9 Å². The van der Waals surface area contributed by atoms with Crippen LogP contribution in [0.1, 0.15) is 23.2 Å². The van der Waals surface area contributed by atoms with Crippen molar-refractivity contribution in [1.29, 1.82) is 0 Å². The Kier molecular flexibility index (Phi) is 4.19. The van der Waals surface area contributed by atoms with Crippen molar-refractivity contribution in [2.24, 2.45) is 0 Å². The Balaban J connectivity index is 2.20. The third kappa shape index (κ3) is 2.88. The molecular weight excluding hydrogens is 260 g/mol. The summed E-state index contributed by atoms with van der Waals surface area (Å²) in [6.07, 6.45) is 1.95. The maximum Gasteiger partial charge on any atom is 0.292 e. The van der Waals surface area contributed by atoms with E-state index in [4.69, 9.17) is 5.73 Å². The molecule has 0 radical (unpaired) electrons. The number of nitro benzene ring substituents is 1. The minimum absolute atomic E-state index is 0.0679. The zero-order valence-corrected chi connectivity index (χ0v) is 11.3. The summed E-state index contributed by atoms with van der Waals surface area (Å²) in [6, 6.07) is 4.47. The maximum absolute atomic E-state index is 12.4. The molecule has 1 amide bonds. The summed E-state index contributed by atoms with van der Waals surface area (Å²) in [5.41, 5.74) is 5.69. The summed E-state index contributed by atoms with van der Waals surface area (Å²) in [4.78, 5) is 24.4. The number of nitrogens with zero attached hydrogens (tertiary/aromatic N) is 2. The van der Waals surface area contributed by atoms with Gasteiger partial charge in [-0.1, -0.05) is 0 Å². The molecule has 0 aromatic heterocycles. The molecule has 1 aliphatic heterocycles. The predicted octanol–water partition coefficient (Wildman–Crippen LogP) is 1.00. The van der Waals surface area contributed by atoms with Gasteiger partial charge in [0.2, 0.25) is 0 Å². The molecule has 0 spiro atoms. The van der Waals surface area contributed by atoms with Crippen LogP contribution in [0.4, 0.5) is 11.4 Å². The molecule has 108 valence electrons. The number of piperidine rings is 1. The predicted molar refractivity (Wildman–Crippen MR) is 75.5 cm³/mol. The number of nitrogen functional groups attached to an aromatic ring is 1. The highest BCUT2D eigenvalue weighted by atomic mass is 16.6. The minimum atomic E-state index is -0.571. The van der Waals surface area contributed by atoms with Crippen molar-refractivity contribution in [3.63, 3.8) is 0 Å². The first kappa shape index (κ1) is 14.3. The van der Waals surface area contributed by atoms with E-state index in [1.165, 1.54) is 18.2 Å². The second kappa shape index (κ2) is 5.87. The largest absolute Gasteiger partial charge is 0.393 e. The molecule has 1 unspecified atom stereocenters. The van der Waals surface area contributed by atoms with Crippen LogP contribution < -0.4 is 11.1 Å². The zero-order chi connectivity index (χ0) is 14.7. The number of nitrogens with one attached hydrogen (secondary N) is 1. The Morgan fingerprint density at radius 3 is 2.95 bits per heavy atom. The number of likely N-dealkylation sites (tertiary alicyclic amines) is 1. The highest BCUT2D eigenvalue weighted by Gasteiger charge is 2.25. The molecule has 7 heteroatoms. The average Bonchev–Trinajstić information content (AvgIpc) is 2.46. The summed E-state index contributed by atoms with van der Waals surface area (Å²) in [7, 11) is 1.87. The third-order valence-corrected chi connectivity index (χ3v) is 3.59. The molecule has 0 aliphatic carbocycles. The number of hydrogen-bond acceptors (Lipinski definition) is 5. The lowest BCUT2D eigenvalue weighted by molar-refractivity contribution is -0.383. The van der Waals surface area contributed by atoms with Crippen molar-refractivity contribution < 1.29 is 9.72 Å². The zero-order valence-electron chi connectivity index (χ0n) is 11.3. The van der Waals surface area contributed by atoms with Crippen LogP contribution in [-0.4, -0.2) is 41.9 Å². The number of hydrogen-bond donors (Lipinski definition) is 2. The summed E-state index contributed by atoms with van der Waals surface area (Å²) in [5, 5.41) is 14.0. The van der Waals surface area contributed by atoms with Gasteiger partial charge in [0, 0.05) is 30.8 Å². The lowest BCUT2D eigenvalue weighted by atomic mass is 10.0. The first-order chi connectivity index (χ1) is 9.52. The standard InChI is InChI=1S/C13H18N4O3/c1-15-10-3-2-6-16(8-10)13(18)9-4-5-11(14)12(7-9)17(19)20/h4-5,7,10,15H,2-3,6,8,14H2,1H3. The van der Waals surface area contributed by atoms with Crippen molar-refractivity contribution >= 4 is 17.3 Å². The lowest BCUT2D eigenvalue weighted by Crippen LogP contribution is -2.46. The topological polar surface area (TPSA) is 102 Å². The van der Waals surface area contributed by atoms with Gasteiger partial charge in [0.1, 0.15) is 5.69 Å². The molecule has 2 rings (SSSR count). The smallest absolute Gasteiger partial charge is 0.292 e. The van der Waals surface area contributed by atoms with Gasteiger partial charge < -0.3 is 16.0 Å². The number of nitro groups is 1. The van der Waals surface area contributed by atoms with Crippen LogP contribution >= 0.6 is 0 Å². The van der Waals surface area contributed by atoms with Crippen LogP contribution in [0.25, 0.3) is 0 Å². The summed E-state index contributed by atoms with van der Waals surface area (Å²) in [5.74, 6) is -0.187. The van der Waals surface area contributed by atoms with Crippen molar-refractivity contribution in [1.82, 2.24) is 10.2 Å². The molecule has 1 aliphatic rings. The molecule has 1 aromatic rings. The fraction of sp³-hybridized carbons (Fsp3) is 0.462. The minimum Gasteiger partial charge on any atom is -0.393 e. The summed E-state index contributed by atoms with van der Waals surface area (Å²) < 4.78 is 0. The first-order valence-corrected chi connectivity index (χ1v) is 6.53. The molecule has 1 fully saturated rings. The van der Waals surface area contributed by atoms with E-state index in [0.717, 1.165) is 12.8 Å². The summed E-state index contributed by atoms with van der Waals surface area (Å²) >= 11 is 0. The van der Waals surface area contributed by atoms with Gasteiger partial charge in [-0.2, -0.15) is 0 Å². The molecule has 1 atom stereocenters. The van der Waals surface area contributed by atoms with Gasteiger partial charge in [-0.15, -0.1) is 0 Å². The highest BCUT2D eigenvalue weighted by Crippen LogP contribution is 2.24. The molecule has 0 saturated carbocycles. The molecule has 1 heterocycles. The fourth-order valence-electron chi connectivity index (χ4n) is 2.41. The van der Waals surface area contributed by atoms with Gasteiger partial charge in [-0.25, -0.2) is 0 Å². The van der Waals surface area contributed by atoms with E-state index in [0.29, 0.717) is 18.7 Å². The number of likely N-dealkylation sites (N-methyl/N-ethyl adjacent to an activating group) is 1. The van der Waals surface area contributed by atoms with Crippen LogP contribution in [0, 0.1) is 10.1 Å². The summed E-state index contributed by atoms with van der Waals surface area (Å²) in [6.45, 7) is 1.29. The number of rotatable bonds is 3. The van der Waals surface area contributed by atoms with Crippen LogP contribution in [0.2, 0.25) is 0 Å². The van der Waals surface area contributed by atoms with Crippen LogP contribution in [0.15, 0.2) is 18.2 Å². The second-order valence-corrected chi connectivity index (χ2v) is 4.91. The number of carbonyl (C=O) groups is 1. The van der Waals surface area contributed by atoms with Crippen molar-refractivity contribution in [2.75, 3.05) is 25.9 Å². The molecular formula is C13H18N4O3. The number of amides is 1. The van der Waals surface area contributed by atoms with Crippen LogP contribution in [-0.2, 0) is 0 Å². The first-order valence-electron chi connectivity index (χ1n) is 6.53. The Bertz CT molecular complexity index is 532. The Morgan fingerprint density at radius 1 is 1.55 bits per heavy atom. The number of nitrogens with two attached hydrogens (primary N) is 1. The number of benzene rings is 1. The number of anilines is 1. The number of carbonyl (C=O) groups excluding carboxylic acids is 1. The molecule has 7 nitrogen and oxygen atoms in total. The van der Waals surface area contributed by atoms with E-state index in [9.17, 15) is 14.9 Å². The second-order valence-electron chi connectivity index (χ2n) is 4.91. The van der Waals surface area contributed by atoms with Gasteiger partial charge in [-0.05, 0) is 32.0 Å². The quantitative estimate of drug-likeness (QED) is 0.488. The van der Waals surface area contributed by atoms with Gasteiger partial charge in [0.15, 0.2) is 0 Å². The Hall–Kier alpha value is -2.15. The molecule has 0 bridgehead atoms.